The highest BCUT2D eigenvalue weighted by Crippen LogP contribution is 2.14. The summed E-state index contributed by atoms with van der Waals surface area (Å²) in [5.41, 5.74) is 6.15. The molecule has 0 radical (unpaired) electrons. The van der Waals surface area contributed by atoms with Gasteiger partial charge >= 0.3 is 0 Å². The van der Waals surface area contributed by atoms with Gasteiger partial charge in [0, 0.05) is 18.8 Å². The van der Waals surface area contributed by atoms with Gasteiger partial charge in [0.15, 0.2) is 0 Å². The van der Waals surface area contributed by atoms with Crippen molar-refractivity contribution < 1.29 is 0 Å². The minimum atomic E-state index is 0.476. The van der Waals surface area contributed by atoms with Gasteiger partial charge in [-0.05, 0) is 12.7 Å². The molecular formula is C10H18N4S. The van der Waals surface area contributed by atoms with Gasteiger partial charge in [-0.1, -0.05) is 6.92 Å². The first kappa shape index (κ1) is 12.1. The third-order valence-electron chi connectivity index (χ3n) is 2.35. The minimum Gasteiger partial charge on any atom is -0.396 e. The highest BCUT2D eigenvalue weighted by molar-refractivity contribution is 7.98. The summed E-state index contributed by atoms with van der Waals surface area (Å²) >= 11 is 1.84. The summed E-state index contributed by atoms with van der Waals surface area (Å²) in [6, 6.07) is 0.476. The van der Waals surface area contributed by atoms with Crippen LogP contribution in [0.5, 0.6) is 0 Å². The molecule has 0 saturated heterocycles. The van der Waals surface area contributed by atoms with Crippen LogP contribution in [0.1, 0.15) is 13.3 Å². The van der Waals surface area contributed by atoms with Gasteiger partial charge in [0.2, 0.25) is 5.95 Å². The van der Waals surface area contributed by atoms with E-state index < -0.39 is 0 Å². The fourth-order valence-corrected chi connectivity index (χ4v) is 2.22. The lowest BCUT2D eigenvalue weighted by molar-refractivity contribution is 0.657. The number of nitrogens with two attached hydrogens (primary N) is 1. The van der Waals surface area contributed by atoms with E-state index in [1.54, 1.807) is 12.4 Å². The zero-order valence-corrected chi connectivity index (χ0v) is 10.3. The third kappa shape index (κ3) is 3.27. The summed E-state index contributed by atoms with van der Waals surface area (Å²) in [5.74, 6) is 1.82. The quantitative estimate of drug-likeness (QED) is 0.827. The summed E-state index contributed by atoms with van der Waals surface area (Å²) in [7, 11) is 2.02. The highest BCUT2D eigenvalue weighted by Gasteiger charge is 2.14. The third-order valence-corrected chi connectivity index (χ3v) is 3.07. The van der Waals surface area contributed by atoms with Crippen molar-refractivity contribution in [1.29, 1.82) is 0 Å². The molecule has 0 spiro atoms. The summed E-state index contributed by atoms with van der Waals surface area (Å²) in [5, 5.41) is 0. The molecule has 15 heavy (non-hydrogen) atoms. The highest BCUT2D eigenvalue weighted by atomic mass is 32.2. The molecule has 1 aromatic rings. The number of rotatable bonds is 5. The zero-order valence-electron chi connectivity index (χ0n) is 9.47. The van der Waals surface area contributed by atoms with Crippen molar-refractivity contribution in [2.75, 3.05) is 29.7 Å². The lowest BCUT2D eigenvalue weighted by atomic mass is 10.2. The molecule has 1 heterocycles. The molecule has 0 amide bonds. The smallest absolute Gasteiger partial charge is 0.225 e. The second-order valence-corrected chi connectivity index (χ2v) is 4.36. The van der Waals surface area contributed by atoms with E-state index in [9.17, 15) is 0 Å². The maximum Gasteiger partial charge on any atom is 0.225 e. The largest absolute Gasteiger partial charge is 0.396 e. The van der Waals surface area contributed by atoms with E-state index in [1.165, 1.54) is 0 Å². The fourth-order valence-electron chi connectivity index (χ4n) is 1.37. The Morgan fingerprint density at radius 2 is 2.07 bits per heavy atom. The van der Waals surface area contributed by atoms with E-state index in [0.717, 1.165) is 18.1 Å². The van der Waals surface area contributed by atoms with Gasteiger partial charge in [0.05, 0.1) is 18.1 Å². The molecule has 4 nitrogen and oxygen atoms in total. The van der Waals surface area contributed by atoms with Crippen molar-refractivity contribution in [2.45, 2.75) is 19.4 Å². The predicted molar refractivity (Wildman–Crippen MR) is 67.3 cm³/mol. The lowest BCUT2D eigenvalue weighted by Gasteiger charge is -2.26. The van der Waals surface area contributed by atoms with E-state index in [-0.39, 0.29) is 0 Å². The molecule has 0 aliphatic carbocycles. The van der Waals surface area contributed by atoms with Gasteiger partial charge < -0.3 is 10.6 Å². The van der Waals surface area contributed by atoms with Crippen LogP contribution in [0, 0.1) is 0 Å². The average molecular weight is 226 g/mol. The van der Waals surface area contributed by atoms with Crippen molar-refractivity contribution in [3.05, 3.63) is 12.4 Å². The second kappa shape index (κ2) is 5.80. The number of nitrogen functional groups attached to an aromatic ring is 1. The number of hydrogen-bond donors (Lipinski definition) is 1. The minimum absolute atomic E-state index is 0.476. The lowest BCUT2D eigenvalue weighted by Crippen LogP contribution is -2.34. The number of aromatic nitrogens is 2. The fraction of sp³-hybridized carbons (Fsp3) is 0.600. The van der Waals surface area contributed by atoms with Crippen LogP contribution < -0.4 is 10.6 Å². The van der Waals surface area contributed by atoms with E-state index >= 15 is 0 Å². The molecule has 0 aromatic carbocycles. The van der Waals surface area contributed by atoms with Gasteiger partial charge in [0.25, 0.3) is 0 Å². The molecule has 0 fully saturated rings. The van der Waals surface area contributed by atoms with Gasteiger partial charge in [0.1, 0.15) is 0 Å². The molecule has 1 atom stereocenters. The summed E-state index contributed by atoms with van der Waals surface area (Å²) < 4.78 is 0. The van der Waals surface area contributed by atoms with Gasteiger partial charge in [-0.15, -0.1) is 0 Å². The molecule has 0 aliphatic heterocycles. The van der Waals surface area contributed by atoms with E-state index in [2.05, 4.69) is 28.0 Å². The standard InChI is InChI=1S/C10H18N4S/c1-4-9(7-15-3)14(2)10-12-5-8(11)6-13-10/h5-6,9H,4,7,11H2,1-3H3. The molecule has 84 valence electrons. The normalized spacial score (nSPS) is 12.5. The molecule has 5 heteroatoms. The van der Waals surface area contributed by atoms with Gasteiger partial charge in [-0.2, -0.15) is 11.8 Å². The van der Waals surface area contributed by atoms with Crippen LogP contribution in [0.15, 0.2) is 12.4 Å². The Bertz CT molecular complexity index is 288. The monoisotopic (exact) mass is 226 g/mol. The number of hydrogen-bond acceptors (Lipinski definition) is 5. The SMILES string of the molecule is CCC(CSC)N(C)c1ncc(N)cn1. The number of nitrogens with zero attached hydrogens (tertiary/aromatic N) is 3. The molecule has 0 bridgehead atoms. The molecule has 2 N–H and O–H groups in total. The molecule has 1 unspecified atom stereocenters. The van der Waals surface area contributed by atoms with Gasteiger partial charge in [-0.3, -0.25) is 0 Å². The van der Waals surface area contributed by atoms with E-state index in [0.29, 0.717) is 11.7 Å². The Kier molecular flexibility index (Phi) is 4.68. The Balaban J connectivity index is 2.73. The van der Waals surface area contributed by atoms with Crippen LogP contribution in [-0.4, -0.2) is 35.1 Å². The van der Waals surface area contributed by atoms with Gasteiger partial charge in [-0.25, -0.2) is 9.97 Å². The van der Waals surface area contributed by atoms with E-state index in [4.69, 9.17) is 5.73 Å². The summed E-state index contributed by atoms with van der Waals surface area (Å²) in [6.45, 7) is 2.18. The average Bonchev–Trinajstić information content (AvgIpc) is 2.26. The van der Waals surface area contributed by atoms with E-state index in [1.807, 2.05) is 18.8 Å². The van der Waals surface area contributed by atoms with Crippen LogP contribution in [0.25, 0.3) is 0 Å². The van der Waals surface area contributed by atoms with Crippen molar-refractivity contribution in [3.8, 4) is 0 Å². The van der Waals surface area contributed by atoms with Crippen molar-refractivity contribution in [1.82, 2.24) is 9.97 Å². The number of thioether (sulfide) groups is 1. The van der Waals surface area contributed by atoms with Crippen LogP contribution in [0.4, 0.5) is 11.6 Å². The first-order valence-electron chi connectivity index (χ1n) is 4.98. The Hall–Kier alpha value is -0.970. The topological polar surface area (TPSA) is 55.0 Å². The maximum atomic E-state index is 5.55. The van der Waals surface area contributed by atoms with Crippen molar-refractivity contribution in [2.24, 2.45) is 0 Å². The van der Waals surface area contributed by atoms with Crippen molar-refractivity contribution in [3.63, 3.8) is 0 Å². The Labute approximate surface area is 95.3 Å². The predicted octanol–water partition coefficient (Wildman–Crippen LogP) is 1.64. The number of anilines is 2. The molecule has 1 rings (SSSR count). The molecule has 1 aromatic heterocycles. The first-order valence-corrected chi connectivity index (χ1v) is 6.37. The van der Waals surface area contributed by atoms with Crippen LogP contribution in [0.2, 0.25) is 0 Å². The van der Waals surface area contributed by atoms with Crippen LogP contribution in [-0.2, 0) is 0 Å². The summed E-state index contributed by atoms with van der Waals surface area (Å²) in [6.07, 6.45) is 6.49. The van der Waals surface area contributed by atoms with Crippen LogP contribution >= 0.6 is 11.8 Å². The molecule has 0 saturated carbocycles. The van der Waals surface area contributed by atoms with Crippen molar-refractivity contribution >= 4 is 23.4 Å². The first-order chi connectivity index (χ1) is 7.19. The molecular weight excluding hydrogens is 208 g/mol. The summed E-state index contributed by atoms with van der Waals surface area (Å²) in [4.78, 5) is 10.5. The molecule has 0 aliphatic rings. The zero-order chi connectivity index (χ0) is 11.3. The Morgan fingerprint density at radius 3 is 2.53 bits per heavy atom. The Morgan fingerprint density at radius 1 is 1.47 bits per heavy atom. The second-order valence-electron chi connectivity index (χ2n) is 3.44. The maximum absolute atomic E-state index is 5.55. The van der Waals surface area contributed by atoms with Crippen LogP contribution in [0.3, 0.4) is 0 Å².